The molecule has 1 fully saturated rings. The molecule has 0 aromatic heterocycles. The molecule has 1 atom stereocenters. The molecular formula is C14H25NO5. The molecule has 1 aliphatic rings. The van der Waals surface area contributed by atoms with Gasteiger partial charge in [0.1, 0.15) is 12.1 Å². The summed E-state index contributed by atoms with van der Waals surface area (Å²) in [4.78, 5) is 23.5. The molecule has 0 heterocycles. The number of hydrogen-bond donors (Lipinski definition) is 2. The molecule has 0 radical (unpaired) electrons. The van der Waals surface area contributed by atoms with Crippen LogP contribution in [0.25, 0.3) is 0 Å². The van der Waals surface area contributed by atoms with Crippen molar-refractivity contribution in [3.63, 3.8) is 0 Å². The van der Waals surface area contributed by atoms with E-state index in [9.17, 15) is 9.59 Å². The molecule has 6 nitrogen and oxygen atoms in total. The van der Waals surface area contributed by atoms with Crippen molar-refractivity contribution in [2.45, 2.75) is 64.0 Å². The molecule has 1 amide bonds. The zero-order valence-corrected chi connectivity index (χ0v) is 12.1. The number of amides is 1. The van der Waals surface area contributed by atoms with E-state index >= 15 is 0 Å². The molecule has 1 aliphatic carbocycles. The quantitative estimate of drug-likeness (QED) is 0.525. The minimum Gasteiger partial charge on any atom is -0.461 e. The molecule has 6 heteroatoms. The highest BCUT2D eigenvalue weighted by Gasteiger charge is 2.26. The number of alkyl carbamates (subject to hydrolysis) is 1. The number of nitrogens with one attached hydrogen (secondary N) is 1. The summed E-state index contributed by atoms with van der Waals surface area (Å²) in [6.45, 7) is 2.13. The zero-order chi connectivity index (χ0) is 14.8. The first-order valence-corrected chi connectivity index (χ1v) is 7.42. The Morgan fingerprint density at radius 3 is 2.65 bits per heavy atom. The van der Waals surface area contributed by atoms with E-state index in [2.05, 4.69) is 5.32 Å². The van der Waals surface area contributed by atoms with Crippen molar-refractivity contribution in [1.82, 2.24) is 5.32 Å². The maximum atomic E-state index is 12.0. The highest BCUT2D eigenvalue weighted by molar-refractivity contribution is 5.81. The highest BCUT2D eigenvalue weighted by Crippen LogP contribution is 2.21. The third-order valence-electron chi connectivity index (χ3n) is 3.31. The van der Waals surface area contributed by atoms with Crippen molar-refractivity contribution in [3.05, 3.63) is 0 Å². The fraction of sp³-hybridized carbons (Fsp3) is 0.857. The molecule has 0 aliphatic heterocycles. The van der Waals surface area contributed by atoms with E-state index in [1.165, 1.54) is 0 Å². The Kier molecular flexibility index (Phi) is 8.02. The van der Waals surface area contributed by atoms with Crippen molar-refractivity contribution >= 4 is 12.1 Å². The summed E-state index contributed by atoms with van der Waals surface area (Å²) in [6.07, 6.45) is 5.03. The fourth-order valence-corrected chi connectivity index (χ4v) is 2.12. The Labute approximate surface area is 119 Å². The monoisotopic (exact) mass is 287 g/mol. The number of carbonyl (C=O) groups is 2. The van der Waals surface area contributed by atoms with E-state index in [4.69, 9.17) is 14.6 Å². The van der Waals surface area contributed by atoms with Gasteiger partial charge in [0.2, 0.25) is 0 Å². The maximum absolute atomic E-state index is 12.0. The molecule has 2 N–H and O–H groups in total. The first kappa shape index (κ1) is 16.8. The minimum absolute atomic E-state index is 0.0541. The first-order valence-electron chi connectivity index (χ1n) is 7.42. The summed E-state index contributed by atoms with van der Waals surface area (Å²) in [5.41, 5.74) is 0. The van der Waals surface area contributed by atoms with Gasteiger partial charge in [-0.25, -0.2) is 9.59 Å². The van der Waals surface area contributed by atoms with Gasteiger partial charge in [0.25, 0.3) is 0 Å². The molecular weight excluding hydrogens is 262 g/mol. The van der Waals surface area contributed by atoms with E-state index < -0.39 is 18.1 Å². The van der Waals surface area contributed by atoms with Crippen LogP contribution in [0.2, 0.25) is 0 Å². The lowest BCUT2D eigenvalue weighted by molar-refractivity contribution is -0.151. The van der Waals surface area contributed by atoms with Crippen molar-refractivity contribution in [2.75, 3.05) is 13.2 Å². The van der Waals surface area contributed by atoms with Crippen LogP contribution in [-0.2, 0) is 14.3 Å². The molecule has 0 aromatic carbocycles. The van der Waals surface area contributed by atoms with Crippen molar-refractivity contribution in [3.8, 4) is 0 Å². The average molecular weight is 287 g/mol. The number of aliphatic hydroxyl groups excluding tert-OH is 1. The predicted octanol–water partition coefficient (Wildman–Crippen LogP) is 1.75. The van der Waals surface area contributed by atoms with E-state index in [1.54, 1.807) is 0 Å². The van der Waals surface area contributed by atoms with Crippen molar-refractivity contribution in [2.24, 2.45) is 0 Å². The van der Waals surface area contributed by atoms with Crippen LogP contribution in [0.5, 0.6) is 0 Å². The number of unbranched alkanes of at least 4 members (excludes halogenated alkanes) is 1. The van der Waals surface area contributed by atoms with Gasteiger partial charge in [-0.05, 0) is 32.1 Å². The normalized spacial score (nSPS) is 16.7. The van der Waals surface area contributed by atoms with Crippen molar-refractivity contribution < 1.29 is 24.2 Å². The third-order valence-corrected chi connectivity index (χ3v) is 3.31. The smallest absolute Gasteiger partial charge is 0.407 e. The predicted molar refractivity (Wildman–Crippen MR) is 73.2 cm³/mol. The molecule has 1 rings (SSSR count). The molecule has 0 saturated heterocycles. The van der Waals surface area contributed by atoms with Crippen LogP contribution in [0.15, 0.2) is 0 Å². The van der Waals surface area contributed by atoms with Crippen molar-refractivity contribution in [1.29, 1.82) is 0 Å². The second-order valence-electron chi connectivity index (χ2n) is 5.04. The van der Waals surface area contributed by atoms with E-state index in [-0.39, 0.29) is 19.1 Å². The van der Waals surface area contributed by atoms with Gasteiger partial charge in [0.15, 0.2) is 0 Å². The number of ether oxygens (including phenoxy) is 2. The SMILES string of the molecule is CCCCOC(=O)NC(CCO)C(=O)OC1CCCC1. The largest absolute Gasteiger partial charge is 0.461 e. The van der Waals surface area contributed by atoms with Crippen LogP contribution >= 0.6 is 0 Å². The summed E-state index contributed by atoms with van der Waals surface area (Å²) < 4.78 is 10.3. The van der Waals surface area contributed by atoms with E-state index in [0.29, 0.717) is 6.61 Å². The molecule has 0 bridgehead atoms. The lowest BCUT2D eigenvalue weighted by atomic mass is 10.2. The summed E-state index contributed by atoms with van der Waals surface area (Å²) in [5.74, 6) is -0.488. The second kappa shape index (κ2) is 9.58. The summed E-state index contributed by atoms with van der Waals surface area (Å²) >= 11 is 0. The molecule has 1 unspecified atom stereocenters. The lowest BCUT2D eigenvalue weighted by Crippen LogP contribution is -2.43. The van der Waals surface area contributed by atoms with Crippen LogP contribution in [0, 0.1) is 0 Å². The first-order chi connectivity index (χ1) is 9.67. The number of hydrogen-bond acceptors (Lipinski definition) is 5. The number of aliphatic hydroxyl groups is 1. The van der Waals surface area contributed by atoms with Gasteiger partial charge in [0, 0.05) is 13.0 Å². The van der Waals surface area contributed by atoms with Gasteiger partial charge >= 0.3 is 12.1 Å². The van der Waals surface area contributed by atoms with Crippen LogP contribution in [-0.4, -0.2) is 42.5 Å². The number of carbonyl (C=O) groups excluding carboxylic acids is 2. The maximum Gasteiger partial charge on any atom is 0.407 e. The third kappa shape index (κ3) is 6.23. The Morgan fingerprint density at radius 1 is 1.35 bits per heavy atom. The number of rotatable bonds is 8. The van der Waals surface area contributed by atoms with Gasteiger partial charge in [0.05, 0.1) is 6.61 Å². The van der Waals surface area contributed by atoms with Gasteiger partial charge in [-0.1, -0.05) is 13.3 Å². The van der Waals surface area contributed by atoms with Gasteiger partial charge in [-0.15, -0.1) is 0 Å². The van der Waals surface area contributed by atoms with Crippen LogP contribution in [0.4, 0.5) is 4.79 Å². The number of esters is 1. The Balaban J connectivity index is 2.37. The summed E-state index contributed by atoms with van der Waals surface area (Å²) in [6, 6.07) is -0.838. The van der Waals surface area contributed by atoms with Gasteiger partial charge in [-0.3, -0.25) is 0 Å². The molecule has 0 spiro atoms. The highest BCUT2D eigenvalue weighted by atomic mass is 16.6. The molecule has 116 valence electrons. The van der Waals surface area contributed by atoms with Crippen LogP contribution < -0.4 is 5.32 Å². The Bertz CT molecular complexity index is 302. The van der Waals surface area contributed by atoms with Gasteiger partial charge < -0.3 is 19.9 Å². The minimum atomic E-state index is -0.838. The summed E-state index contributed by atoms with van der Waals surface area (Å²) in [7, 11) is 0. The molecule has 20 heavy (non-hydrogen) atoms. The Hall–Kier alpha value is -1.30. The van der Waals surface area contributed by atoms with Crippen LogP contribution in [0.1, 0.15) is 51.9 Å². The lowest BCUT2D eigenvalue weighted by Gasteiger charge is -2.19. The second-order valence-corrected chi connectivity index (χ2v) is 5.04. The van der Waals surface area contributed by atoms with E-state index in [0.717, 1.165) is 38.5 Å². The van der Waals surface area contributed by atoms with Crippen LogP contribution in [0.3, 0.4) is 0 Å². The Morgan fingerprint density at radius 2 is 2.05 bits per heavy atom. The van der Waals surface area contributed by atoms with Gasteiger partial charge in [-0.2, -0.15) is 0 Å². The zero-order valence-electron chi connectivity index (χ0n) is 12.1. The topological polar surface area (TPSA) is 84.9 Å². The fourth-order valence-electron chi connectivity index (χ4n) is 2.12. The summed E-state index contributed by atoms with van der Waals surface area (Å²) in [5, 5.41) is 11.4. The molecule has 0 aromatic rings. The average Bonchev–Trinajstić information content (AvgIpc) is 2.91. The molecule has 1 saturated carbocycles. The van der Waals surface area contributed by atoms with E-state index in [1.807, 2.05) is 6.92 Å². The standard InChI is InChI=1S/C14H25NO5/c1-2-3-10-19-14(18)15-12(8-9-16)13(17)20-11-6-4-5-7-11/h11-12,16H,2-10H2,1H3,(H,15,18).